The van der Waals surface area contributed by atoms with Gasteiger partial charge in [0.15, 0.2) is 0 Å². The lowest BCUT2D eigenvalue weighted by molar-refractivity contribution is -0.116. The number of benzene rings is 2. The summed E-state index contributed by atoms with van der Waals surface area (Å²) in [7, 11) is -0.930. The number of halogens is 1. The Hall–Kier alpha value is -2.45. The minimum Gasteiger partial charge on any atom is -0.497 e. The van der Waals surface area contributed by atoms with Crippen molar-refractivity contribution in [2.24, 2.45) is 0 Å². The van der Waals surface area contributed by atoms with Gasteiger partial charge in [-0.25, -0.2) is 8.42 Å². The first kappa shape index (κ1) is 21.8. The van der Waals surface area contributed by atoms with Crippen LogP contribution in [0, 0.1) is 6.92 Å². The van der Waals surface area contributed by atoms with Crippen LogP contribution < -0.4 is 19.1 Å². The number of sulfonamides is 1. The molecule has 0 unspecified atom stereocenters. The Kier molecular flexibility index (Phi) is 6.79. The van der Waals surface area contributed by atoms with E-state index in [9.17, 15) is 13.2 Å². The first-order chi connectivity index (χ1) is 13.1. The predicted octanol–water partition coefficient (Wildman–Crippen LogP) is 3.46. The molecule has 28 heavy (non-hydrogen) atoms. The van der Waals surface area contributed by atoms with Crippen LogP contribution in [-0.4, -0.2) is 40.8 Å². The molecule has 0 aromatic heterocycles. The van der Waals surface area contributed by atoms with E-state index in [1.807, 2.05) is 0 Å². The third kappa shape index (κ3) is 4.69. The van der Waals surface area contributed by atoms with E-state index in [4.69, 9.17) is 21.1 Å². The van der Waals surface area contributed by atoms with E-state index in [2.05, 4.69) is 5.32 Å². The summed E-state index contributed by atoms with van der Waals surface area (Å²) >= 11 is 6.09. The number of rotatable bonds is 7. The van der Waals surface area contributed by atoms with Crippen molar-refractivity contribution in [3.05, 3.63) is 47.0 Å². The number of carbonyl (C=O) groups is 1. The fraction of sp³-hybridized carbons (Fsp3) is 0.316. The molecule has 7 nitrogen and oxygen atoms in total. The molecule has 0 aliphatic heterocycles. The number of ether oxygens (including phenoxy) is 2. The molecule has 0 aliphatic rings. The van der Waals surface area contributed by atoms with Gasteiger partial charge in [0.05, 0.1) is 26.2 Å². The molecule has 0 fully saturated rings. The highest BCUT2D eigenvalue weighted by molar-refractivity contribution is 7.92. The maximum Gasteiger partial charge on any atom is 0.248 e. The van der Waals surface area contributed by atoms with Crippen LogP contribution in [0.3, 0.4) is 0 Å². The number of anilines is 2. The van der Waals surface area contributed by atoms with Crippen molar-refractivity contribution in [1.29, 1.82) is 0 Å². The molecule has 1 N–H and O–H groups in total. The smallest absolute Gasteiger partial charge is 0.248 e. The van der Waals surface area contributed by atoms with Crippen molar-refractivity contribution in [1.82, 2.24) is 0 Å². The Morgan fingerprint density at radius 3 is 2.43 bits per heavy atom. The third-order valence-corrected chi connectivity index (χ3v) is 5.87. The standard InChI is InChI=1S/C19H23ClN2O5S/c1-12-15(20)7-6-8-16(12)21-19(23)13(2)22(28(5,24)25)17-11-14(26-3)9-10-18(17)27-4/h6-11,13H,1-5H3,(H,21,23)/t13-/m0/s1. The molecule has 0 saturated carbocycles. The third-order valence-electron chi connectivity index (χ3n) is 4.24. The Bertz CT molecular complexity index is 978. The molecule has 2 aromatic carbocycles. The highest BCUT2D eigenvalue weighted by Gasteiger charge is 2.32. The Balaban J connectivity index is 2.46. The van der Waals surface area contributed by atoms with Gasteiger partial charge in [-0.05, 0) is 43.7 Å². The van der Waals surface area contributed by atoms with E-state index in [-0.39, 0.29) is 5.69 Å². The highest BCUT2D eigenvalue weighted by atomic mass is 35.5. The molecule has 0 spiro atoms. The van der Waals surface area contributed by atoms with Gasteiger partial charge in [-0.1, -0.05) is 17.7 Å². The second kappa shape index (κ2) is 8.70. The summed E-state index contributed by atoms with van der Waals surface area (Å²) in [5.74, 6) is 0.216. The van der Waals surface area contributed by atoms with Gasteiger partial charge < -0.3 is 14.8 Å². The van der Waals surface area contributed by atoms with Gasteiger partial charge in [-0.2, -0.15) is 0 Å². The number of nitrogens with one attached hydrogen (secondary N) is 1. The number of amides is 1. The minimum absolute atomic E-state index is 0.204. The van der Waals surface area contributed by atoms with Crippen LogP contribution in [-0.2, 0) is 14.8 Å². The van der Waals surface area contributed by atoms with Crippen LogP contribution in [0.2, 0.25) is 5.02 Å². The zero-order valence-corrected chi connectivity index (χ0v) is 17.9. The highest BCUT2D eigenvalue weighted by Crippen LogP contribution is 2.35. The maximum absolute atomic E-state index is 12.9. The fourth-order valence-electron chi connectivity index (χ4n) is 2.73. The number of methoxy groups -OCH3 is 2. The molecule has 0 aliphatic carbocycles. The average molecular weight is 427 g/mol. The summed E-state index contributed by atoms with van der Waals surface area (Å²) in [5, 5.41) is 3.24. The molecule has 1 atom stereocenters. The Morgan fingerprint density at radius 1 is 1.18 bits per heavy atom. The number of carbonyl (C=O) groups excluding carboxylic acids is 1. The van der Waals surface area contributed by atoms with Crippen LogP contribution in [0.15, 0.2) is 36.4 Å². The van der Waals surface area contributed by atoms with Gasteiger partial charge in [-0.15, -0.1) is 0 Å². The van der Waals surface area contributed by atoms with Gasteiger partial charge in [0, 0.05) is 16.8 Å². The van der Waals surface area contributed by atoms with Crippen molar-refractivity contribution in [3.8, 4) is 11.5 Å². The van der Waals surface area contributed by atoms with Gasteiger partial charge in [0.25, 0.3) is 0 Å². The summed E-state index contributed by atoms with van der Waals surface area (Å²) in [5.41, 5.74) is 1.40. The molecular weight excluding hydrogens is 404 g/mol. The van der Waals surface area contributed by atoms with Crippen LogP contribution in [0.4, 0.5) is 11.4 Å². The normalized spacial score (nSPS) is 12.2. The van der Waals surface area contributed by atoms with Crippen LogP contribution in [0.1, 0.15) is 12.5 Å². The molecule has 0 saturated heterocycles. The van der Waals surface area contributed by atoms with Gasteiger partial charge in [0.1, 0.15) is 17.5 Å². The number of hydrogen-bond acceptors (Lipinski definition) is 5. The predicted molar refractivity (Wildman–Crippen MR) is 111 cm³/mol. The summed E-state index contributed by atoms with van der Waals surface area (Å²) in [6, 6.07) is 8.78. The number of hydrogen-bond donors (Lipinski definition) is 1. The van der Waals surface area contributed by atoms with Crippen molar-refractivity contribution in [2.75, 3.05) is 30.1 Å². The zero-order chi connectivity index (χ0) is 21.1. The first-order valence-corrected chi connectivity index (χ1v) is 10.6. The summed E-state index contributed by atoms with van der Waals surface area (Å²) in [6.45, 7) is 3.26. The second-order valence-corrected chi connectivity index (χ2v) is 8.44. The van der Waals surface area contributed by atoms with Crippen molar-refractivity contribution < 1.29 is 22.7 Å². The lowest BCUT2D eigenvalue weighted by atomic mass is 10.2. The molecule has 2 rings (SSSR count). The van der Waals surface area contributed by atoms with E-state index < -0.39 is 22.0 Å². The summed E-state index contributed by atoms with van der Waals surface area (Å²) in [6.07, 6.45) is 1.03. The largest absolute Gasteiger partial charge is 0.497 e. The number of nitrogens with zero attached hydrogens (tertiary/aromatic N) is 1. The molecule has 0 radical (unpaired) electrons. The summed E-state index contributed by atoms with van der Waals surface area (Å²) in [4.78, 5) is 12.9. The zero-order valence-electron chi connectivity index (χ0n) is 16.3. The van der Waals surface area contributed by atoms with Crippen LogP contribution in [0.5, 0.6) is 11.5 Å². The molecule has 2 aromatic rings. The first-order valence-electron chi connectivity index (χ1n) is 8.37. The average Bonchev–Trinajstić information content (AvgIpc) is 2.64. The minimum atomic E-state index is -3.82. The van der Waals surface area contributed by atoms with Crippen molar-refractivity contribution >= 4 is 38.9 Å². The molecule has 1 amide bonds. The van der Waals surface area contributed by atoms with E-state index in [0.29, 0.717) is 27.8 Å². The molecule has 0 heterocycles. The molecule has 0 bridgehead atoms. The lowest BCUT2D eigenvalue weighted by Crippen LogP contribution is -2.45. The Labute approximate surface area is 170 Å². The molecule has 9 heteroatoms. The van der Waals surface area contributed by atoms with Crippen molar-refractivity contribution in [2.45, 2.75) is 19.9 Å². The van der Waals surface area contributed by atoms with E-state index in [1.54, 1.807) is 37.3 Å². The molecular formula is C19H23ClN2O5S. The molecule has 152 valence electrons. The monoisotopic (exact) mass is 426 g/mol. The van der Waals surface area contributed by atoms with Crippen LogP contribution in [0.25, 0.3) is 0 Å². The van der Waals surface area contributed by atoms with E-state index in [0.717, 1.165) is 10.6 Å². The quantitative estimate of drug-likeness (QED) is 0.732. The summed E-state index contributed by atoms with van der Waals surface area (Å²) < 4.78 is 36.6. The van der Waals surface area contributed by atoms with E-state index in [1.165, 1.54) is 27.2 Å². The van der Waals surface area contributed by atoms with Gasteiger partial charge in [0.2, 0.25) is 15.9 Å². The Morgan fingerprint density at radius 2 is 1.86 bits per heavy atom. The second-order valence-electron chi connectivity index (χ2n) is 6.17. The SMILES string of the molecule is COc1ccc(OC)c(N([C@@H](C)C(=O)Nc2cccc(Cl)c2C)S(C)(=O)=O)c1. The van der Waals surface area contributed by atoms with Crippen LogP contribution >= 0.6 is 11.6 Å². The topological polar surface area (TPSA) is 84.9 Å². The van der Waals surface area contributed by atoms with Gasteiger partial charge >= 0.3 is 0 Å². The van der Waals surface area contributed by atoms with Crippen molar-refractivity contribution in [3.63, 3.8) is 0 Å². The van der Waals surface area contributed by atoms with Gasteiger partial charge in [-0.3, -0.25) is 9.10 Å². The van der Waals surface area contributed by atoms with E-state index >= 15 is 0 Å². The maximum atomic E-state index is 12.9. The lowest BCUT2D eigenvalue weighted by Gasteiger charge is -2.29. The fourth-order valence-corrected chi connectivity index (χ4v) is 4.07.